The highest BCUT2D eigenvalue weighted by Gasteiger charge is 2.03. The van der Waals surface area contributed by atoms with Crippen LogP contribution in [0.2, 0.25) is 0 Å². The normalized spacial score (nSPS) is 11.2. The third-order valence-electron chi connectivity index (χ3n) is 2.59. The number of carbonyl (C=O) groups excluding carboxylic acids is 2. The topological polar surface area (TPSA) is 84.2 Å². The van der Waals surface area contributed by atoms with Gasteiger partial charge in [-0.05, 0) is 31.0 Å². The van der Waals surface area contributed by atoms with E-state index in [4.69, 9.17) is 5.73 Å². The van der Waals surface area contributed by atoms with E-state index in [9.17, 15) is 9.59 Å². The van der Waals surface area contributed by atoms with Gasteiger partial charge in [0.1, 0.15) is 0 Å². The van der Waals surface area contributed by atoms with Crippen LogP contribution in [0.25, 0.3) is 0 Å². The van der Waals surface area contributed by atoms with Crippen molar-refractivity contribution < 1.29 is 9.59 Å². The number of halogens is 1. The Morgan fingerprint density at radius 3 is 2.35 bits per heavy atom. The van der Waals surface area contributed by atoms with E-state index in [-0.39, 0.29) is 30.3 Å². The standard InChI is InChI=1S/C14H21N3O2.ClH/c1-10(15)3-8-14(19)16-9-12-4-6-13(7-5-12)17-11(2)18;/h4-7,10H,3,8-9,15H2,1-2H3,(H,16,19)(H,17,18);1H. The number of nitrogens with two attached hydrogens (primary N) is 1. The molecule has 0 aliphatic rings. The minimum atomic E-state index is -0.100. The van der Waals surface area contributed by atoms with Crippen LogP contribution < -0.4 is 16.4 Å². The summed E-state index contributed by atoms with van der Waals surface area (Å²) >= 11 is 0. The van der Waals surface area contributed by atoms with Crippen molar-refractivity contribution in [3.05, 3.63) is 29.8 Å². The minimum Gasteiger partial charge on any atom is -0.352 e. The lowest BCUT2D eigenvalue weighted by Gasteiger charge is -2.08. The zero-order valence-electron chi connectivity index (χ0n) is 11.8. The van der Waals surface area contributed by atoms with Gasteiger partial charge in [0.15, 0.2) is 0 Å². The highest BCUT2D eigenvalue weighted by Crippen LogP contribution is 2.09. The molecule has 0 saturated heterocycles. The molecule has 0 saturated carbocycles. The van der Waals surface area contributed by atoms with E-state index >= 15 is 0 Å². The Morgan fingerprint density at radius 2 is 1.85 bits per heavy atom. The van der Waals surface area contributed by atoms with Gasteiger partial charge in [-0.1, -0.05) is 12.1 Å². The fourth-order valence-corrected chi connectivity index (χ4v) is 1.56. The fourth-order valence-electron chi connectivity index (χ4n) is 1.56. The molecule has 6 heteroatoms. The third-order valence-corrected chi connectivity index (χ3v) is 2.59. The van der Waals surface area contributed by atoms with Gasteiger partial charge >= 0.3 is 0 Å². The van der Waals surface area contributed by atoms with Crippen LogP contribution in [0, 0.1) is 0 Å². The molecule has 1 unspecified atom stereocenters. The summed E-state index contributed by atoms with van der Waals surface area (Å²) in [5.41, 5.74) is 7.33. The molecule has 112 valence electrons. The number of hydrogen-bond donors (Lipinski definition) is 3. The summed E-state index contributed by atoms with van der Waals surface area (Å²) in [6.07, 6.45) is 1.13. The van der Waals surface area contributed by atoms with Crippen LogP contribution in [-0.2, 0) is 16.1 Å². The van der Waals surface area contributed by atoms with E-state index in [0.29, 0.717) is 19.4 Å². The van der Waals surface area contributed by atoms with Crippen LogP contribution in [0.3, 0.4) is 0 Å². The van der Waals surface area contributed by atoms with Crippen molar-refractivity contribution in [3.8, 4) is 0 Å². The van der Waals surface area contributed by atoms with E-state index in [1.165, 1.54) is 6.92 Å². The summed E-state index contributed by atoms with van der Waals surface area (Å²) in [4.78, 5) is 22.4. The van der Waals surface area contributed by atoms with Crippen LogP contribution >= 0.6 is 12.4 Å². The molecule has 0 heterocycles. The Morgan fingerprint density at radius 1 is 1.25 bits per heavy atom. The summed E-state index contributed by atoms with van der Waals surface area (Å²) in [6.45, 7) is 3.83. The first-order valence-electron chi connectivity index (χ1n) is 6.36. The number of nitrogens with one attached hydrogen (secondary N) is 2. The number of carbonyl (C=O) groups is 2. The molecule has 0 aliphatic heterocycles. The smallest absolute Gasteiger partial charge is 0.221 e. The zero-order valence-corrected chi connectivity index (χ0v) is 12.6. The third kappa shape index (κ3) is 7.76. The first-order valence-corrected chi connectivity index (χ1v) is 6.36. The van der Waals surface area contributed by atoms with Crippen molar-refractivity contribution in [2.75, 3.05) is 5.32 Å². The SMILES string of the molecule is CC(=O)Nc1ccc(CNC(=O)CCC(C)N)cc1.Cl. The van der Waals surface area contributed by atoms with Crippen LogP contribution in [0.1, 0.15) is 32.3 Å². The van der Waals surface area contributed by atoms with Gasteiger partial charge in [0.05, 0.1) is 0 Å². The monoisotopic (exact) mass is 299 g/mol. The van der Waals surface area contributed by atoms with E-state index in [1.807, 2.05) is 31.2 Å². The molecule has 0 aliphatic carbocycles. The molecule has 0 aromatic heterocycles. The Hall–Kier alpha value is -1.59. The van der Waals surface area contributed by atoms with Crippen LogP contribution in [0.4, 0.5) is 5.69 Å². The largest absolute Gasteiger partial charge is 0.352 e. The second kappa shape index (κ2) is 9.34. The summed E-state index contributed by atoms with van der Waals surface area (Å²) < 4.78 is 0. The van der Waals surface area contributed by atoms with Crippen molar-refractivity contribution in [2.45, 2.75) is 39.3 Å². The van der Waals surface area contributed by atoms with Crippen LogP contribution in [0.15, 0.2) is 24.3 Å². The van der Waals surface area contributed by atoms with Gasteiger partial charge in [-0.15, -0.1) is 12.4 Å². The number of anilines is 1. The first-order chi connectivity index (χ1) is 8.97. The first kappa shape index (κ1) is 18.4. The summed E-state index contributed by atoms with van der Waals surface area (Å²) in [6, 6.07) is 7.41. The minimum absolute atomic E-state index is 0. The maximum absolute atomic E-state index is 11.5. The molecule has 2 amide bonds. The summed E-state index contributed by atoms with van der Waals surface area (Å²) in [7, 11) is 0. The summed E-state index contributed by atoms with van der Waals surface area (Å²) in [5.74, 6) is -0.0970. The van der Waals surface area contributed by atoms with Gasteiger partial charge in [-0.2, -0.15) is 0 Å². The van der Waals surface area contributed by atoms with Gasteiger partial charge in [0.2, 0.25) is 11.8 Å². The molecular formula is C14H22ClN3O2. The van der Waals surface area contributed by atoms with Crippen molar-refractivity contribution in [2.24, 2.45) is 5.73 Å². The molecule has 4 N–H and O–H groups in total. The maximum atomic E-state index is 11.5. The van der Waals surface area contributed by atoms with E-state index < -0.39 is 0 Å². The molecule has 1 rings (SSSR count). The second-order valence-corrected chi connectivity index (χ2v) is 4.67. The van der Waals surface area contributed by atoms with E-state index in [1.54, 1.807) is 0 Å². The fraction of sp³-hybridized carbons (Fsp3) is 0.429. The van der Waals surface area contributed by atoms with Gasteiger partial charge in [-0.25, -0.2) is 0 Å². The predicted octanol–water partition coefficient (Wildman–Crippen LogP) is 1.81. The summed E-state index contributed by atoms with van der Waals surface area (Å²) in [5, 5.41) is 5.52. The van der Waals surface area contributed by atoms with Gasteiger partial charge in [0, 0.05) is 31.6 Å². The highest BCUT2D eigenvalue weighted by atomic mass is 35.5. The van der Waals surface area contributed by atoms with E-state index in [2.05, 4.69) is 10.6 Å². The lowest BCUT2D eigenvalue weighted by Crippen LogP contribution is -2.25. The lowest BCUT2D eigenvalue weighted by molar-refractivity contribution is -0.121. The zero-order chi connectivity index (χ0) is 14.3. The molecule has 1 atom stereocenters. The predicted molar refractivity (Wildman–Crippen MR) is 82.7 cm³/mol. The molecule has 20 heavy (non-hydrogen) atoms. The van der Waals surface area contributed by atoms with Gasteiger partial charge in [-0.3, -0.25) is 9.59 Å². The molecule has 0 radical (unpaired) electrons. The molecule has 0 fully saturated rings. The lowest BCUT2D eigenvalue weighted by atomic mass is 10.1. The second-order valence-electron chi connectivity index (χ2n) is 4.67. The van der Waals surface area contributed by atoms with Crippen LogP contribution in [0.5, 0.6) is 0 Å². The molecule has 0 bridgehead atoms. The molecule has 5 nitrogen and oxygen atoms in total. The molecular weight excluding hydrogens is 278 g/mol. The van der Waals surface area contributed by atoms with Crippen LogP contribution in [-0.4, -0.2) is 17.9 Å². The Bertz CT molecular complexity index is 433. The molecule has 1 aromatic carbocycles. The number of hydrogen-bond acceptors (Lipinski definition) is 3. The van der Waals surface area contributed by atoms with Gasteiger partial charge in [0.25, 0.3) is 0 Å². The number of amides is 2. The van der Waals surface area contributed by atoms with Crippen molar-refractivity contribution in [3.63, 3.8) is 0 Å². The Kier molecular flexibility index (Phi) is 8.59. The van der Waals surface area contributed by atoms with Crippen molar-refractivity contribution in [1.29, 1.82) is 0 Å². The van der Waals surface area contributed by atoms with Crippen molar-refractivity contribution >= 4 is 29.9 Å². The van der Waals surface area contributed by atoms with Gasteiger partial charge < -0.3 is 16.4 Å². The molecule has 0 spiro atoms. The average molecular weight is 300 g/mol. The maximum Gasteiger partial charge on any atom is 0.221 e. The Labute approximate surface area is 125 Å². The number of rotatable bonds is 6. The Balaban J connectivity index is 0.00000361. The van der Waals surface area contributed by atoms with E-state index in [0.717, 1.165) is 11.3 Å². The average Bonchev–Trinajstić information content (AvgIpc) is 2.35. The quantitative estimate of drug-likeness (QED) is 0.749. The molecule has 1 aromatic rings. The number of benzene rings is 1. The van der Waals surface area contributed by atoms with Crippen molar-refractivity contribution in [1.82, 2.24) is 5.32 Å². The highest BCUT2D eigenvalue weighted by molar-refractivity contribution is 5.88.